The van der Waals surface area contributed by atoms with E-state index in [1.807, 2.05) is 30.0 Å². The number of hydrogen-bond acceptors (Lipinski definition) is 6. The number of carbonyl (C=O) groups excluding carboxylic acids is 2. The lowest BCUT2D eigenvalue weighted by atomic mass is 10.0. The Hall–Kier alpha value is -3.46. The molecule has 1 aliphatic rings. The molecule has 1 saturated carbocycles. The fourth-order valence-corrected chi connectivity index (χ4v) is 6.07. The third-order valence-corrected chi connectivity index (χ3v) is 8.55. The summed E-state index contributed by atoms with van der Waals surface area (Å²) in [5.74, 6) is -0.200. The zero-order valence-electron chi connectivity index (χ0n) is 23.5. The summed E-state index contributed by atoms with van der Waals surface area (Å²) in [6.07, 6.45) is 0.546. The van der Waals surface area contributed by atoms with Crippen LogP contribution in [0.15, 0.2) is 78.9 Å². The third-order valence-electron chi connectivity index (χ3n) is 6.94. The monoisotopic (exact) mass is 600 g/mol. The van der Waals surface area contributed by atoms with E-state index in [-0.39, 0.29) is 16.8 Å². The SMILES string of the molecule is CC(=O)OC1(CSC(CCCc2ccccc2)c2ccc(OCCCOc3ccc(C(=O)C(F)(F)F)cc3)cc2)CC1. The molecule has 1 aliphatic carbocycles. The van der Waals surface area contributed by atoms with Gasteiger partial charge in [-0.1, -0.05) is 42.5 Å². The lowest BCUT2D eigenvalue weighted by molar-refractivity contribution is -0.147. The number of hydrogen-bond donors (Lipinski definition) is 0. The van der Waals surface area contributed by atoms with E-state index in [0.717, 1.165) is 55.7 Å². The van der Waals surface area contributed by atoms with Crippen LogP contribution in [-0.2, 0) is 16.0 Å². The molecule has 224 valence electrons. The molecule has 0 N–H and O–H groups in total. The average molecular weight is 601 g/mol. The highest BCUT2D eigenvalue weighted by Crippen LogP contribution is 2.46. The molecule has 42 heavy (non-hydrogen) atoms. The van der Waals surface area contributed by atoms with Crippen LogP contribution in [0.3, 0.4) is 0 Å². The second kappa shape index (κ2) is 14.6. The van der Waals surface area contributed by atoms with Gasteiger partial charge in [-0.15, -0.1) is 11.8 Å². The van der Waals surface area contributed by atoms with Gasteiger partial charge in [-0.3, -0.25) is 9.59 Å². The van der Waals surface area contributed by atoms with E-state index >= 15 is 0 Å². The molecule has 0 heterocycles. The number of aryl methyl sites for hydroxylation is 1. The summed E-state index contributed by atoms with van der Waals surface area (Å²) in [4.78, 5) is 22.8. The van der Waals surface area contributed by atoms with Gasteiger partial charge in [0.15, 0.2) is 0 Å². The van der Waals surface area contributed by atoms with Gasteiger partial charge in [0, 0.05) is 29.9 Å². The fraction of sp³-hybridized carbons (Fsp3) is 0.394. The van der Waals surface area contributed by atoms with Crippen LogP contribution in [0, 0.1) is 0 Å². The Morgan fingerprint density at radius 3 is 2.00 bits per heavy atom. The van der Waals surface area contributed by atoms with Crippen LogP contribution in [0.4, 0.5) is 13.2 Å². The van der Waals surface area contributed by atoms with E-state index in [2.05, 4.69) is 36.4 Å². The molecule has 0 amide bonds. The lowest BCUT2D eigenvalue weighted by Crippen LogP contribution is -2.22. The highest BCUT2D eigenvalue weighted by molar-refractivity contribution is 7.99. The van der Waals surface area contributed by atoms with Crippen LogP contribution < -0.4 is 9.47 Å². The van der Waals surface area contributed by atoms with Crippen molar-refractivity contribution in [3.63, 3.8) is 0 Å². The first-order valence-electron chi connectivity index (χ1n) is 14.1. The maximum Gasteiger partial charge on any atom is 0.454 e. The van der Waals surface area contributed by atoms with E-state index < -0.39 is 17.5 Å². The van der Waals surface area contributed by atoms with Gasteiger partial charge < -0.3 is 14.2 Å². The Kier molecular flexibility index (Phi) is 11.0. The predicted molar refractivity (Wildman–Crippen MR) is 157 cm³/mol. The summed E-state index contributed by atoms with van der Waals surface area (Å²) >= 11 is 1.84. The van der Waals surface area contributed by atoms with Crippen LogP contribution in [0.1, 0.15) is 65.8 Å². The summed E-state index contributed by atoms with van der Waals surface area (Å²) in [7, 11) is 0. The summed E-state index contributed by atoms with van der Waals surface area (Å²) in [6, 6.07) is 23.4. The van der Waals surface area contributed by atoms with Crippen LogP contribution >= 0.6 is 11.8 Å². The van der Waals surface area contributed by atoms with E-state index in [9.17, 15) is 22.8 Å². The number of halogens is 3. The molecule has 0 radical (unpaired) electrons. The summed E-state index contributed by atoms with van der Waals surface area (Å²) < 4.78 is 54.6. The minimum Gasteiger partial charge on any atom is -0.493 e. The molecule has 9 heteroatoms. The van der Waals surface area contributed by atoms with Gasteiger partial charge in [-0.05, 0) is 79.6 Å². The van der Waals surface area contributed by atoms with Crippen LogP contribution in [0.2, 0.25) is 0 Å². The normalized spacial score (nSPS) is 14.6. The number of rotatable bonds is 16. The molecule has 0 aliphatic heterocycles. The Bertz CT molecular complexity index is 1290. The maximum atomic E-state index is 12.5. The van der Waals surface area contributed by atoms with E-state index in [4.69, 9.17) is 14.2 Å². The minimum atomic E-state index is -4.90. The second-order valence-electron chi connectivity index (χ2n) is 10.4. The number of Topliss-reactive ketones (excluding diaryl/α,β-unsaturated/α-hetero) is 1. The largest absolute Gasteiger partial charge is 0.493 e. The second-order valence-corrected chi connectivity index (χ2v) is 11.6. The van der Waals surface area contributed by atoms with Gasteiger partial charge in [0.1, 0.15) is 17.1 Å². The van der Waals surface area contributed by atoms with Crippen molar-refractivity contribution < 1.29 is 37.0 Å². The Labute approximate surface area is 248 Å². The van der Waals surface area contributed by atoms with Gasteiger partial charge >= 0.3 is 12.1 Å². The first-order valence-corrected chi connectivity index (χ1v) is 15.1. The van der Waals surface area contributed by atoms with Crippen molar-refractivity contribution in [2.45, 2.75) is 62.5 Å². The number of benzene rings is 3. The molecule has 0 aromatic heterocycles. The maximum absolute atomic E-state index is 12.5. The first kappa shape index (κ1) is 31.5. The third kappa shape index (κ3) is 9.82. The number of esters is 1. The van der Waals surface area contributed by atoms with E-state index in [1.165, 1.54) is 30.2 Å². The van der Waals surface area contributed by atoms with Crippen molar-refractivity contribution >= 4 is 23.5 Å². The Balaban J connectivity index is 1.24. The van der Waals surface area contributed by atoms with Crippen LogP contribution in [-0.4, -0.2) is 42.5 Å². The Morgan fingerprint density at radius 2 is 1.45 bits per heavy atom. The van der Waals surface area contributed by atoms with Crippen LogP contribution in [0.25, 0.3) is 0 Å². The van der Waals surface area contributed by atoms with Crippen molar-refractivity contribution in [1.29, 1.82) is 0 Å². The van der Waals surface area contributed by atoms with Crippen molar-refractivity contribution in [2.75, 3.05) is 19.0 Å². The van der Waals surface area contributed by atoms with E-state index in [0.29, 0.717) is 25.4 Å². The highest BCUT2D eigenvalue weighted by atomic mass is 32.2. The smallest absolute Gasteiger partial charge is 0.454 e. The molecular formula is C33H35F3O5S. The molecule has 3 aromatic rings. The van der Waals surface area contributed by atoms with Crippen molar-refractivity contribution in [2.24, 2.45) is 0 Å². The van der Waals surface area contributed by atoms with Gasteiger partial charge in [0.25, 0.3) is 5.78 Å². The topological polar surface area (TPSA) is 61.8 Å². The first-order chi connectivity index (χ1) is 20.1. The standard InChI is InChI=1S/C33H35F3O5S/c1-24(37)41-32(19-20-32)23-42-30(10-5-9-25-7-3-2-4-8-25)26-11-15-28(16-12-26)39-21-6-22-40-29-17-13-27(14-18-29)31(38)33(34,35)36/h2-4,7-8,11-18,30H,5-6,9-10,19-23H2,1H3. The van der Waals surface area contributed by atoms with Gasteiger partial charge in [0.05, 0.1) is 13.2 Å². The average Bonchev–Trinajstić information content (AvgIpc) is 3.73. The minimum absolute atomic E-state index is 0.226. The van der Waals surface area contributed by atoms with Crippen molar-refractivity contribution in [3.05, 3.63) is 95.6 Å². The molecule has 1 atom stereocenters. The molecule has 1 fully saturated rings. The van der Waals surface area contributed by atoms with Gasteiger partial charge in [-0.2, -0.15) is 13.2 Å². The molecular weight excluding hydrogens is 565 g/mol. The number of thioether (sulfide) groups is 1. The zero-order chi connectivity index (χ0) is 30.0. The molecule has 1 unspecified atom stereocenters. The van der Waals surface area contributed by atoms with Crippen molar-refractivity contribution in [3.8, 4) is 11.5 Å². The summed E-state index contributed by atoms with van der Waals surface area (Å²) in [6.45, 7) is 2.19. The number of alkyl halides is 3. The molecule has 4 rings (SSSR count). The summed E-state index contributed by atoms with van der Waals surface area (Å²) in [5, 5.41) is 0.266. The van der Waals surface area contributed by atoms with Crippen LogP contribution in [0.5, 0.6) is 11.5 Å². The number of carbonyl (C=O) groups is 2. The van der Waals surface area contributed by atoms with Gasteiger partial charge in [-0.25, -0.2) is 0 Å². The quantitative estimate of drug-likeness (QED) is 0.0939. The zero-order valence-corrected chi connectivity index (χ0v) is 24.3. The van der Waals surface area contributed by atoms with Crippen molar-refractivity contribution in [1.82, 2.24) is 0 Å². The highest BCUT2D eigenvalue weighted by Gasteiger charge is 2.46. The summed E-state index contributed by atoms with van der Waals surface area (Å²) in [5.41, 5.74) is 1.79. The molecule has 3 aromatic carbocycles. The predicted octanol–water partition coefficient (Wildman–Crippen LogP) is 8.17. The molecule has 0 bridgehead atoms. The molecule has 0 spiro atoms. The Morgan fingerprint density at radius 1 is 0.857 bits per heavy atom. The number of ketones is 1. The fourth-order valence-electron chi connectivity index (χ4n) is 4.54. The van der Waals surface area contributed by atoms with Gasteiger partial charge in [0.2, 0.25) is 0 Å². The molecule has 5 nitrogen and oxygen atoms in total. The molecule has 0 saturated heterocycles. The number of ether oxygens (including phenoxy) is 3. The van der Waals surface area contributed by atoms with E-state index in [1.54, 1.807) is 0 Å². The lowest BCUT2D eigenvalue weighted by Gasteiger charge is -2.21.